The summed E-state index contributed by atoms with van der Waals surface area (Å²) in [5.41, 5.74) is -1.49. The lowest BCUT2D eigenvalue weighted by Gasteiger charge is -2.50. The van der Waals surface area contributed by atoms with Gasteiger partial charge in [0.15, 0.2) is 0 Å². The molecule has 0 bridgehead atoms. The minimum Gasteiger partial charge on any atom is -0.396 e. The largest absolute Gasteiger partial charge is 0.396 e. The molecule has 0 aromatic heterocycles. The first kappa shape index (κ1) is 13.6. The lowest BCUT2D eigenvalue weighted by Crippen LogP contribution is -2.57. The molecule has 0 saturated carbocycles. The molecule has 2 heterocycles. The van der Waals surface area contributed by atoms with Crippen LogP contribution in [0.2, 0.25) is 0 Å². The highest BCUT2D eigenvalue weighted by Crippen LogP contribution is 2.47. The van der Waals surface area contributed by atoms with Gasteiger partial charge in [-0.25, -0.2) is 8.42 Å². The molecule has 0 amide bonds. The summed E-state index contributed by atoms with van der Waals surface area (Å²) in [5, 5.41) is 20.4. The average molecular weight is 280 g/mol. The molecule has 6 heteroatoms. The van der Waals surface area contributed by atoms with Gasteiger partial charge in [0.05, 0.1) is 23.7 Å². The molecule has 100 valence electrons. The number of rotatable bonds is 2. The molecule has 2 saturated heterocycles. The van der Waals surface area contributed by atoms with E-state index >= 15 is 0 Å². The molecule has 0 aromatic rings. The first-order valence-electron chi connectivity index (χ1n) is 6.05. The maximum atomic E-state index is 11.5. The average Bonchev–Trinajstić information content (AvgIpc) is 2.30. The van der Waals surface area contributed by atoms with Gasteiger partial charge < -0.3 is 10.2 Å². The van der Waals surface area contributed by atoms with Gasteiger partial charge in [-0.05, 0) is 31.4 Å². The molecular formula is C11H20O4S2. The van der Waals surface area contributed by atoms with Gasteiger partial charge in [-0.15, -0.1) is 0 Å². The van der Waals surface area contributed by atoms with Crippen molar-refractivity contribution >= 4 is 21.6 Å². The highest BCUT2D eigenvalue weighted by atomic mass is 32.2. The highest BCUT2D eigenvalue weighted by Gasteiger charge is 2.52. The molecule has 17 heavy (non-hydrogen) atoms. The van der Waals surface area contributed by atoms with Crippen molar-refractivity contribution in [1.82, 2.24) is 0 Å². The first-order valence-corrected chi connectivity index (χ1v) is 9.02. The summed E-state index contributed by atoms with van der Waals surface area (Å²) < 4.78 is 22.9. The standard InChI is InChI=1S/C11H20O4S2/c12-8-10(3-6-17(14,15)7-4-10)11(13)2-1-5-16-9-11/h12-13H,1-9H2. The molecule has 4 nitrogen and oxygen atoms in total. The Morgan fingerprint density at radius 2 is 1.82 bits per heavy atom. The van der Waals surface area contributed by atoms with E-state index in [9.17, 15) is 18.6 Å². The lowest BCUT2D eigenvalue weighted by atomic mass is 9.67. The Morgan fingerprint density at radius 1 is 1.18 bits per heavy atom. The van der Waals surface area contributed by atoms with E-state index < -0.39 is 20.9 Å². The predicted octanol–water partition coefficient (Wildman–Crippen LogP) is 0.432. The number of hydrogen-bond acceptors (Lipinski definition) is 5. The number of aliphatic hydroxyl groups excluding tert-OH is 1. The normalized spacial score (nSPS) is 36.6. The van der Waals surface area contributed by atoms with Crippen LogP contribution in [-0.2, 0) is 9.84 Å². The first-order chi connectivity index (χ1) is 7.93. The Kier molecular flexibility index (Phi) is 3.79. The van der Waals surface area contributed by atoms with Crippen LogP contribution in [0.3, 0.4) is 0 Å². The van der Waals surface area contributed by atoms with Crippen molar-refractivity contribution in [1.29, 1.82) is 0 Å². The fourth-order valence-electron chi connectivity index (χ4n) is 2.90. The van der Waals surface area contributed by atoms with Gasteiger partial charge in [-0.1, -0.05) is 0 Å². The summed E-state index contributed by atoms with van der Waals surface area (Å²) in [6.45, 7) is -0.112. The van der Waals surface area contributed by atoms with Gasteiger partial charge in [-0.2, -0.15) is 11.8 Å². The Bertz CT molecular complexity index is 357. The van der Waals surface area contributed by atoms with Crippen molar-refractivity contribution in [2.45, 2.75) is 31.3 Å². The van der Waals surface area contributed by atoms with Crippen molar-refractivity contribution in [2.75, 3.05) is 29.6 Å². The van der Waals surface area contributed by atoms with Crippen LogP contribution in [0.25, 0.3) is 0 Å². The van der Waals surface area contributed by atoms with Crippen molar-refractivity contribution in [3.8, 4) is 0 Å². The predicted molar refractivity (Wildman–Crippen MR) is 68.9 cm³/mol. The summed E-state index contributed by atoms with van der Waals surface area (Å²) in [4.78, 5) is 0. The fraction of sp³-hybridized carbons (Fsp3) is 1.00. The van der Waals surface area contributed by atoms with E-state index in [0.717, 1.165) is 12.2 Å². The minimum absolute atomic E-state index is 0.0978. The number of thioether (sulfide) groups is 1. The summed E-state index contributed by atoms with van der Waals surface area (Å²) in [6, 6.07) is 0. The summed E-state index contributed by atoms with van der Waals surface area (Å²) in [7, 11) is -2.96. The second-order valence-electron chi connectivity index (χ2n) is 5.28. The topological polar surface area (TPSA) is 74.6 Å². The minimum atomic E-state index is -2.96. The Balaban J connectivity index is 2.20. The monoisotopic (exact) mass is 280 g/mol. The van der Waals surface area contributed by atoms with E-state index in [2.05, 4.69) is 0 Å². The highest BCUT2D eigenvalue weighted by molar-refractivity contribution is 7.99. The van der Waals surface area contributed by atoms with Crippen LogP contribution >= 0.6 is 11.8 Å². The van der Waals surface area contributed by atoms with E-state index in [1.165, 1.54) is 0 Å². The Hall–Kier alpha value is 0.220. The van der Waals surface area contributed by atoms with Crippen LogP contribution < -0.4 is 0 Å². The molecule has 2 rings (SSSR count). The molecular weight excluding hydrogens is 260 g/mol. The number of hydrogen-bond donors (Lipinski definition) is 2. The van der Waals surface area contributed by atoms with Crippen molar-refractivity contribution in [3.63, 3.8) is 0 Å². The maximum Gasteiger partial charge on any atom is 0.150 e. The van der Waals surface area contributed by atoms with Crippen molar-refractivity contribution in [2.24, 2.45) is 5.41 Å². The lowest BCUT2D eigenvalue weighted by molar-refractivity contribution is -0.106. The Labute approximate surface area is 107 Å². The van der Waals surface area contributed by atoms with Crippen LogP contribution in [0.5, 0.6) is 0 Å². The van der Waals surface area contributed by atoms with Crippen LogP contribution in [0.15, 0.2) is 0 Å². The van der Waals surface area contributed by atoms with E-state index in [4.69, 9.17) is 0 Å². The molecule has 0 radical (unpaired) electrons. The zero-order chi connectivity index (χ0) is 12.6. The second-order valence-corrected chi connectivity index (χ2v) is 8.69. The quantitative estimate of drug-likeness (QED) is 0.767. The summed E-state index contributed by atoms with van der Waals surface area (Å²) in [5.74, 6) is 1.86. The third-order valence-corrected chi connectivity index (χ3v) is 7.20. The molecule has 2 aliphatic heterocycles. The van der Waals surface area contributed by atoms with Gasteiger partial charge in [0.1, 0.15) is 9.84 Å². The van der Waals surface area contributed by atoms with Crippen LogP contribution in [-0.4, -0.2) is 53.9 Å². The molecule has 0 aromatic carbocycles. The van der Waals surface area contributed by atoms with Gasteiger partial charge in [0.2, 0.25) is 0 Å². The number of sulfone groups is 1. The molecule has 2 aliphatic rings. The molecule has 1 unspecified atom stereocenters. The zero-order valence-electron chi connectivity index (χ0n) is 9.89. The number of aliphatic hydroxyl groups is 2. The van der Waals surface area contributed by atoms with Crippen molar-refractivity contribution < 1.29 is 18.6 Å². The zero-order valence-corrected chi connectivity index (χ0v) is 11.5. The van der Waals surface area contributed by atoms with Crippen molar-refractivity contribution in [3.05, 3.63) is 0 Å². The van der Waals surface area contributed by atoms with Gasteiger partial charge in [0.25, 0.3) is 0 Å². The van der Waals surface area contributed by atoms with E-state index in [-0.39, 0.29) is 18.1 Å². The smallest absolute Gasteiger partial charge is 0.150 e. The summed E-state index contributed by atoms with van der Waals surface area (Å²) >= 11 is 1.70. The molecule has 2 N–H and O–H groups in total. The van der Waals surface area contributed by atoms with Gasteiger partial charge in [-0.3, -0.25) is 0 Å². The molecule has 1 atom stereocenters. The van der Waals surface area contributed by atoms with Crippen LogP contribution in [0.1, 0.15) is 25.7 Å². The maximum absolute atomic E-state index is 11.5. The third kappa shape index (κ3) is 2.50. The third-order valence-electron chi connectivity index (χ3n) is 4.29. The molecule has 0 aliphatic carbocycles. The molecule has 2 fully saturated rings. The fourth-order valence-corrected chi connectivity index (χ4v) is 5.79. The second kappa shape index (κ2) is 4.72. The Morgan fingerprint density at radius 3 is 2.29 bits per heavy atom. The summed E-state index contributed by atoms with van der Waals surface area (Å²) in [6.07, 6.45) is 2.40. The molecule has 0 spiro atoms. The van der Waals surface area contributed by atoms with E-state index in [1.54, 1.807) is 11.8 Å². The van der Waals surface area contributed by atoms with E-state index in [1.807, 2.05) is 0 Å². The van der Waals surface area contributed by atoms with Gasteiger partial charge >= 0.3 is 0 Å². The van der Waals surface area contributed by atoms with E-state index in [0.29, 0.717) is 25.0 Å². The SMILES string of the molecule is O=S1(=O)CCC(CO)(C2(O)CCCSC2)CC1. The van der Waals surface area contributed by atoms with Crippen LogP contribution in [0, 0.1) is 5.41 Å². The van der Waals surface area contributed by atoms with Crippen LogP contribution in [0.4, 0.5) is 0 Å². The van der Waals surface area contributed by atoms with Gasteiger partial charge in [0, 0.05) is 11.2 Å².